The first kappa shape index (κ1) is 16.5. The van der Waals surface area contributed by atoms with Gasteiger partial charge in [0.25, 0.3) is 0 Å². The lowest BCUT2D eigenvalue weighted by Crippen LogP contribution is -2.37. The molecule has 1 unspecified atom stereocenters. The summed E-state index contributed by atoms with van der Waals surface area (Å²) >= 11 is 0. The van der Waals surface area contributed by atoms with Crippen LogP contribution in [0.25, 0.3) is 0 Å². The molecule has 1 aromatic carbocycles. The summed E-state index contributed by atoms with van der Waals surface area (Å²) in [6, 6.07) is 5.34. The van der Waals surface area contributed by atoms with Gasteiger partial charge in [-0.3, -0.25) is 9.59 Å². The van der Waals surface area contributed by atoms with Crippen LogP contribution in [-0.4, -0.2) is 24.5 Å². The maximum Gasteiger partial charge on any atom is 0.317 e. The molecule has 1 aliphatic rings. The van der Waals surface area contributed by atoms with E-state index in [0.29, 0.717) is 17.7 Å². The Morgan fingerprint density at radius 1 is 1.23 bits per heavy atom. The van der Waals surface area contributed by atoms with Crippen LogP contribution < -0.4 is 4.74 Å². The number of ether oxygens (including phenoxy) is 2. The molecule has 0 spiro atoms. The van der Waals surface area contributed by atoms with E-state index in [1.807, 2.05) is 26.8 Å². The fourth-order valence-corrected chi connectivity index (χ4v) is 3.12. The molecule has 0 saturated heterocycles. The number of rotatable bonds is 6. The minimum absolute atomic E-state index is 0.156. The van der Waals surface area contributed by atoms with E-state index in [-0.39, 0.29) is 5.78 Å². The number of carbonyl (C=O) groups excluding carboxylic acids is 2. The van der Waals surface area contributed by atoms with Crippen LogP contribution in [-0.2, 0) is 16.0 Å². The van der Waals surface area contributed by atoms with Crippen LogP contribution in [0.2, 0.25) is 0 Å². The molecule has 0 aromatic heterocycles. The number of esters is 1. The maximum absolute atomic E-state index is 12.5. The summed E-state index contributed by atoms with van der Waals surface area (Å²) in [5, 5.41) is 0. The molecule has 1 atom stereocenters. The van der Waals surface area contributed by atoms with Crippen molar-refractivity contribution in [2.45, 2.75) is 52.1 Å². The van der Waals surface area contributed by atoms with E-state index in [1.165, 1.54) is 0 Å². The first-order valence-corrected chi connectivity index (χ1v) is 7.94. The molecule has 0 N–H and O–H groups in total. The van der Waals surface area contributed by atoms with Gasteiger partial charge in [0.2, 0.25) is 0 Å². The number of methoxy groups -OCH3 is 1. The van der Waals surface area contributed by atoms with E-state index in [0.717, 1.165) is 24.8 Å². The summed E-state index contributed by atoms with van der Waals surface area (Å²) in [6.07, 6.45) is 2.62. The highest BCUT2D eigenvalue weighted by molar-refractivity contribution is 6.12. The van der Waals surface area contributed by atoms with E-state index < -0.39 is 17.5 Å². The molecule has 4 nitrogen and oxygen atoms in total. The van der Waals surface area contributed by atoms with Gasteiger partial charge >= 0.3 is 5.97 Å². The summed E-state index contributed by atoms with van der Waals surface area (Å²) in [5.74, 6) is -0.644. The van der Waals surface area contributed by atoms with Crippen LogP contribution in [0.5, 0.6) is 5.75 Å². The Balaban J connectivity index is 2.22. The number of carbonyl (C=O) groups is 2. The first-order chi connectivity index (χ1) is 10.5. The Bertz CT molecular complexity index is 564. The Hall–Kier alpha value is -1.84. The minimum atomic E-state index is -0.740. The fraction of sp³-hybridized carbons (Fsp3) is 0.556. The van der Waals surface area contributed by atoms with Crippen molar-refractivity contribution in [2.24, 2.45) is 5.92 Å². The molecular formula is C18H24O4. The SMILES string of the molecule is CCC(CC)(CC)OC(=O)C1Cc2c(OC)cccc2C1=O. The average Bonchev–Trinajstić information content (AvgIpc) is 2.90. The highest BCUT2D eigenvalue weighted by atomic mass is 16.6. The Labute approximate surface area is 131 Å². The van der Waals surface area contributed by atoms with E-state index in [4.69, 9.17) is 9.47 Å². The van der Waals surface area contributed by atoms with Crippen molar-refractivity contribution in [3.8, 4) is 5.75 Å². The van der Waals surface area contributed by atoms with Gasteiger partial charge in [0.15, 0.2) is 5.78 Å². The molecule has 0 bridgehead atoms. The minimum Gasteiger partial charge on any atom is -0.496 e. The third-order valence-corrected chi connectivity index (χ3v) is 4.88. The zero-order valence-electron chi connectivity index (χ0n) is 13.8. The molecule has 0 saturated carbocycles. The molecule has 120 valence electrons. The van der Waals surface area contributed by atoms with Crippen molar-refractivity contribution in [2.75, 3.05) is 7.11 Å². The van der Waals surface area contributed by atoms with Gasteiger partial charge in [-0.05, 0) is 31.7 Å². The molecule has 0 amide bonds. The van der Waals surface area contributed by atoms with Crippen LogP contribution in [0.3, 0.4) is 0 Å². The van der Waals surface area contributed by atoms with E-state index >= 15 is 0 Å². The highest BCUT2D eigenvalue weighted by Gasteiger charge is 2.41. The standard InChI is InChI=1S/C18H24O4/c1-5-18(6-2,7-3)22-17(20)14-11-13-12(16(14)19)9-8-10-15(13)21-4/h8-10,14H,5-7,11H2,1-4H3. The van der Waals surface area contributed by atoms with E-state index in [9.17, 15) is 9.59 Å². The lowest BCUT2D eigenvalue weighted by molar-refractivity contribution is -0.164. The van der Waals surface area contributed by atoms with E-state index in [1.54, 1.807) is 19.2 Å². The van der Waals surface area contributed by atoms with Crippen molar-refractivity contribution in [1.29, 1.82) is 0 Å². The van der Waals surface area contributed by atoms with Crippen molar-refractivity contribution < 1.29 is 19.1 Å². The second-order valence-corrected chi connectivity index (χ2v) is 5.77. The van der Waals surface area contributed by atoms with Gasteiger partial charge in [-0.25, -0.2) is 0 Å². The zero-order chi connectivity index (χ0) is 16.3. The molecule has 0 fully saturated rings. The van der Waals surface area contributed by atoms with Crippen LogP contribution >= 0.6 is 0 Å². The Morgan fingerprint density at radius 3 is 2.41 bits per heavy atom. The predicted octanol–water partition coefficient (Wildman–Crippen LogP) is 3.56. The molecule has 0 radical (unpaired) electrons. The molecule has 0 heterocycles. The largest absolute Gasteiger partial charge is 0.496 e. The summed E-state index contributed by atoms with van der Waals surface area (Å²) in [6.45, 7) is 6.03. The van der Waals surface area contributed by atoms with Crippen molar-refractivity contribution in [3.05, 3.63) is 29.3 Å². The summed E-state index contributed by atoms with van der Waals surface area (Å²) in [7, 11) is 1.57. The topological polar surface area (TPSA) is 52.6 Å². The van der Waals surface area contributed by atoms with E-state index in [2.05, 4.69) is 0 Å². The molecule has 1 aromatic rings. The number of ketones is 1. The smallest absolute Gasteiger partial charge is 0.317 e. The van der Waals surface area contributed by atoms with Gasteiger partial charge < -0.3 is 9.47 Å². The van der Waals surface area contributed by atoms with Crippen LogP contribution in [0, 0.1) is 5.92 Å². The number of Topliss-reactive ketones (excluding diaryl/α,β-unsaturated/α-hetero) is 1. The lowest BCUT2D eigenvalue weighted by Gasteiger charge is -2.31. The van der Waals surface area contributed by atoms with Crippen molar-refractivity contribution >= 4 is 11.8 Å². The quantitative estimate of drug-likeness (QED) is 0.595. The van der Waals surface area contributed by atoms with Gasteiger partial charge in [-0.1, -0.05) is 32.9 Å². The fourth-order valence-electron chi connectivity index (χ4n) is 3.12. The van der Waals surface area contributed by atoms with Crippen LogP contribution in [0.15, 0.2) is 18.2 Å². The molecule has 22 heavy (non-hydrogen) atoms. The van der Waals surface area contributed by atoms with Gasteiger partial charge in [-0.15, -0.1) is 0 Å². The Kier molecular flexibility index (Phi) is 4.89. The average molecular weight is 304 g/mol. The van der Waals surface area contributed by atoms with Crippen LogP contribution in [0.4, 0.5) is 0 Å². The normalized spacial score (nSPS) is 17.3. The predicted molar refractivity (Wildman–Crippen MR) is 84.2 cm³/mol. The first-order valence-electron chi connectivity index (χ1n) is 7.94. The van der Waals surface area contributed by atoms with Gasteiger partial charge in [-0.2, -0.15) is 0 Å². The second-order valence-electron chi connectivity index (χ2n) is 5.77. The third-order valence-electron chi connectivity index (χ3n) is 4.88. The summed E-state index contributed by atoms with van der Waals surface area (Å²) in [5.41, 5.74) is 0.930. The maximum atomic E-state index is 12.5. The van der Waals surface area contributed by atoms with Gasteiger partial charge in [0, 0.05) is 11.1 Å². The number of hydrogen-bond acceptors (Lipinski definition) is 4. The van der Waals surface area contributed by atoms with Crippen molar-refractivity contribution in [1.82, 2.24) is 0 Å². The number of benzene rings is 1. The molecule has 0 aliphatic heterocycles. The Morgan fingerprint density at radius 2 is 1.86 bits per heavy atom. The molecule has 2 rings (SSSR count). The van der Waals surface area contributed by atoms with Crippen molar-refractivity contribution in [3.63, 3.8) is 0 Å². The third kappa shape index (κ3) is 2.74. The van der Waals surface area contributed by atoms with Gasteiger partial charge in [0.05, 0.1) is 7.11 Å². The zero-order valence-corrected chi connectivity index (χ0v) is 13.8. The molecule has 1 aliphatic carbocycles. The summed E-state index contributed by atoms with van der Waals surface area (Å²) in [4.78, 5) is 25.0. The number of hydrogen-bond donors (Lipinski definition) is 0. The number of fused-ring (bicyclic) bond motifs is 1. The lowest BCUT2D eigenvalue weighted by atomic mass is 9.93. The second kappa shape index (κ2) is 6.51. The molecule has 4 heteroatoms. The monoisotopic (exact) mass is 304 g/mol. The van der Waals surface area contributed by atoms with Gasteiger partial charge in [0.1, 0.15) is 17.3 Å². The highest BCUT2D eigenvalue weighted by Crippen LogP contribution is 2.35. The summed E-state index contributed by atoms with van der Waals surface area (Å²) < 4.78 is 11.0. The van der Waals surface area contributed by atoms with Crippen LogP contribution in [0.1, 0.15) is 56.0 Å². The molecular weight excluding hydrogens is 280 g/mol.